The molecule has 0 heterocycles. The average molecular weight is 414 g/mol. The molecular weight excluding hydrogens is 408 g/mol. The zero-order valence-corrected chi connectivity index (χ0v) is 11.7. The van der Waals surface area contributed by atoms with Gasteiger partial charge in [0.2, 0.25) is 0 Å². The Kier molecular flexibility index (Phi) is 2.77. The lowest BCUT2D eigenvalue weighted by molar-refractivity contribution is 0.111. The highest BCUT2D eigenvalue weighted by atomic mass is 79.9. The van der Waals surface area contributed by atoms with Gasteiger partial charge in [0.1, 0.15) is 0 Å². The Balaban J connectivity index is 1.77. The van der Waals surface area contributed by atoms with E-state index in [0.29, 0.717) is 31.5 Å². The summed E-state index contributed by atoms with van der Waals surface area (Å²) in [6.45, 7) is 0. The maximum absolute atomic E-state index is 5.73. The van der Waals surface area contributed by atoms with Crippen molar-refractivity contribution in [3.05, 3.63) is 0 Å². The van der Waals surface area contributed by atoms with Crippen molar-refractivity contribution in [3.63, 3.8) is 0 Å². The Labute approximate surface area is 99.1 Å². The summed E-state index contributed by atoms with van der Waals surface area (Å²) >= 11 is 14.0. The van der Waals surface area contributed by atoms with Crippen molar-refractivity contribution in [2.75, 3.05) is 0 Å². The van der Waals surface area contributed by atoms with Crippen LogP contribution in [0, 0.1) is 0 Å². The molecule has 64 valence electrons. The first-order valence-electron chi connectivity index (χ1n) is 3.34. The molecule has 5 heteroatoms. The molecule has 0 aromatic rings. The third kappa shape index (κ3) is 1.73. The minimum absolute atomic E-state index is 0.364. The third-order valence-corrected chi connectivity index (χ3v) is 7.68. The molecule has 0 N–H and O–H groups in total. The summed E-state index contributed by atoms with van der Waals surface area (Å²) in [7, 11) is 0. The summed E-state index contributed by atoms with van der Waals surface area (Å²) in [5, 5.41) is 0. The second-order valence-corrected chi connectivity index (χ2v) is 7.07. The fourth-order valence-electron chi connectivity index (χ4n) is 0.914. The van der Waals surface area contributed by atoms with Gasteiger partial charge in [-0.25, -0.2) is 0 Å². The molecule has 4 unspecified atom stereocenters. The van der Waals surface area contributed by atoms with Crippen molar-refractivity contribution in [2.24, 2.45) is 0 Å². The van der Waals surface area contributed by atoms with E-state index in [0.717, 1.165) is 0 Å². The quantitative estimate of drug-likeness (QED) is 0.633. The van der Waals surface area contributed by atoms with Crippen molar-refractivity contribution in [3.8, 4) is 0 Å². The number of rotatable bonds is 2. The van der Waals surface area contributed by atoms with Crippen LogP contribution in [0.4, 0.5) is 0 Å². The molecule has 0 bridgehead atoms. The molecule has 1 nitrogen and oxygen atoms in total. The first-order chi connectivity index (χ1) is 5.13. The minimum atomic E-state index is 0.364. The standard InChI is InChI=1S/C6H6Br4O/c7-1-2(8)5(1)11-6-3(9)4(6)10/h1-6H. The van der Waals surface area contributed by atoms with Crippen molar-refractivity contribution < 1.29 is 4.74 Å². The topological polar surface area (TPSA) is 9.23 Å². The molecule has 2 rings (SSSR count). The van der Waals surface area contributed by atoms with Crippen LogP contribution in [-0.2, 0) is 4.74 Å². The predicted molar refractivity (Wildman–Crippen MR) is 59.5 cm³/mol. The van der Waals surface area contributed by atoms with Gasteiger partial charge in [0, 0.05) is 0 Å². The summed E-state index contributed by atoms with van der Waals surface area (Å²) in [6, 6.07) is 0. The van der Waals surface area contributed by atoms with E-state index in [4.69, 9.17) is 4.74 Å². The molecule has 2 aliphatic carbocycles. The Morgan fingerprint density at radius 1 is 0.636 bits per heavy atom. The fraction of sp³-hybridized carbons (Fsp3) is 1.00. The predicted octanol–water partition coefficient (Wildman–Crippen LogP) is 2.82. The van der Waals surface area contributed by atoms with Crippen LogP contribution in [0.3, 0.4) is 0 Å². The van der Waals surface area contributed by atoms with E-state index in [1.54, 1.807) is 0 Å². The summed E-state index contributed by atoms with van der Waals surface area (Å²) in [5.74, 6) is 0. The second-order valence-electron chi connectivity index (χ2n) is 2.84. The Morgan fingerprint density at radius 2 is 0.909 bits per heavy atom. The van der Waals surface area contributed by atoms with E-state index in [9.17, 15) is 0 Å². The fourth-order valence-corrected chi connectivity index (χ4v) is 4.05. The molecule has 0 saturated heterocycles. The van der Waals surface area contributed by atoms with Gasteiger partial charge in [-0.15, -0.1) is 0 Å². The number of hydrogen-bond donors (Lipinski definition) is 0. The molecule has 11 heavy (non-hydrogen) atoms. The molecular formula is C6H6Br4O. The lowest BCUT2D eigenvalue weighted by atomic mass is 10.7. The van der Waals surface area contributed by atoms with E-state index < -0.39 is 0 Å². The maximum atomic E-state index is 5.73. The molecule has 0 radical (unpaired) electrons. The van der Waals surface area contributed by atoms with Crippen molar-refractivity contribution >= 4 is 63.7 Å². The van der Waals surface area contributed by atoms with Crippen LogP contribution in [0.5, 0.6) is 0 Å². The smallest absolute Gasteiger partial charge is 0.0853 e. The first-order valence-corrected chi connectivity index (χ1v) is 7.01. The van der Waals surface area contributed by atoms with Gasteiger partial charge in [0.15, 0.2) is 0 Å². The minimum Gasteiger partial charge on any atom is -0.370 e. The molecule has 0 aliphatic heterocycles. The van der Waals surface area contributed by atoms with Crippen LogP contribution in [0.15, 0.2) is 0 Å². The first kappa shape index (κ1) is 9.44. The highest BCUT2D eigenvalue weighted by Gasteiger charge is 2.56. The van der Waals surface area contributed by atoms with Crippen LogP contribution in [0.1, 0.15) is 0 Å². The van der Waals surface area contributed by atoms with Gasteiger partial charge in [-0.2, -0.15) is 0 Å². The maximum Gasteiger partial charge on any atom is 0.0853 e. The van der Waals surface area contributed by atoms with Crippen molar-refractivity contribution in [1.29, 1.82) is 0 Å². The van der Waals surface area contributed by atoms with E-state index >= 15 is 0 Å². The Hall–Kier alpha value is 1.88. The van der Waals surface area contributed by atoms with Gasteiger partial charge >= 0.3 is 0 Å². The molecule has 0 aromatic carbocycles. The third-order valence-electron chi connectivity index (χ3n) is 1.90. The van der Waals surface area contributed by atoms with Gasteiger partial charge in [-0.3, -0.25) is 0 Å². The largest absolute Gasteiger partial charge is 0.370 e. The van der Waals surface area contributed by atoms with Gasteiger partial charge < -0.3 is 4.74 Å². The number of halogens is 4. The molecule has 0 aromatic heterocycles. The van der Waals surface area contributed by atoms with E-state index in [2.05, 4.69) is 63.7 Å². The summed E-state index contributed by atoms with van der Waals surface area (Å²) < 4.78 is 5.73. The number of hydrogen-bond acceptors (Lipinski definition) is 1. The second kappa shape index (κ2) is 3.23. The normalized spacial score (nSPS) is 61.1. The molecule has 2 saturated carbocycles. The highest BCUT2D eigenvalue weighted by Crippen LogP contribution is 2.48. The van der Waals surface area contributed by atoms with Crippen molar-refractivity contribution in [2.45, 2.75) is 31.5 Å². The van der Waals surface area contributed by atoms with E-state index in [1.165, 1.54) is 0 Å². The van der Waals surface area contributed by atoms with Crippen LogP contribution in [0.2, 0.25) is 0 Å². The van der Waals surface area contributed by atoms with Gasteiger partial charge in [-0.05, 0) is 0 Å². The monoisotopic (exact) mass is 410 g/mol. The van der Waals surface area contributed by atoms with Gasteiger partial charge in [0.05, 0.1) is 31.5 Å². The highest BCUT2D eigenvalue weighted by molar-refractivity contribution is 9.13. The molecule has 4 atom stereocenters. The van der Waals surface area contributed by atoms with Crippen LogP contribution in [-0.4, -0.2) is 31.5 Å². The van der Waals surface area contributed by atoms with Crippen LogP contribution < -0.4 is 0 Å². The van der Waals surface area contributed by atoms with Crippen LogP contribution >= 0.6 is 63.7 Å². The summed E-state index contributed by atoms with van der Waals surface area (Å²) in [5.41, 5.74) is 0. The molecule has 0 spiro atoms. The Bertz CT molecular complexity index is 142. The zero-order valence-electron chi connectivity index (χ0n) is 5.38. The zero-order chi connectivity index (χ0) is 8.17. The van der Waals surface area contributed by atoms with E-state index in [1.807, 2.05) is 0 Å². The lowest BCUT2D eigenvalue weighted by Gasteiger charge is -1.97. The molecule has 0 amide bonds. The average Bonchev–Trinajstić information content (AvgIpc) is 2.72. The summed E-state index contributed by atoms with van der Waals surface area (Å²) in [4.78, 5) is 2.01. The van der Waals surface area contributed by atoms with Crippen molar-refractivity contribution in [1.82, 2.24) is 0 Å². The number of alkyl halides is 4. The van der Waals surface area contributed by atoms with Gasteiger partial charge in [0.25, 0.3) is 0 Å². The molecule has 2 aliphatic rings. The van der Waals surface area contributed by atoms with E-state index in [-0.39, 0.29) is 0 Å². The van der Waals surface area contributed by atoms with Crippen LogP contribution in [0.25, 0.3) is 0 Å². The van der Waals surface area contributed by atoms with Gasteiger partial charge in [-0.1, -0.05) is 63.7 Å². The lowest BCUT2D eigenvalue weighted by Crippen LogP contribution is -2.03. The number of ether oxygens (including phenoxy) is 1. The Morgan fingerprint density at radius 3 is 1.09 bits per heavy atom. The summed E-state index contributed by atoms with van der Waals surface area (Å²) in [6.07, 6.45) is 0.727. The SMILES string of the molecule is BrC1C(Br)C1OC1C(Br)C1Br. The molecule has 2 fully saturated rings.